The molecule has 16 N–H and O–H groups in total. The number of H-pyrrole nitrogens is 1. The van der Waals surface area contributed by atoms with Crippen molar-refractivity contribution >= 4 is 21.7 Å². The Bertz CT molecular complexity index is 6620. The zero-order valence-corrected chi connectivity index (χ0v) is 70.0. The lowest BCUT2D eigenvalue weighted by atomic mass is 10.1. The first kappa shape index (κ1) is 96.0. The highest BCUT2D eigenvalue weighted by Crippen LogP contribution is 2.33. The Morgan fingerprint density at radius 3 is 1.12 bits per heavy atom. The van der Waals surface area contributed by atoms with Gasteiger partial charge in [0.05, 0.1) is 69.6 Å². The summed E-state index contributed by atoms with van der Waals surface area (Å²) in [5, 5.41) is 155. The fraction of sp³-hybridized carbons (Fsp3) is 0.395. The standard InChI is InChI=1S/C19H19N3O6.2C18H22N2O6.C17H18N4O6.C14H16N4O6/c23-10-14-16(25)17(26)18(28-14)21-8-6-15(24)22(19(21)27)9-13-12-4-2-1-3-11(12)5-7-20-13;1-11-3-2-4-12(9-11)5-7-19-14(22)6-8-20(18(19)25)17-16(24)15(23)13(10-21)26-17;1-11-4-2-3-5-12(11)6-8-19-14(22)7-9-20(18(19)25)17-16(24)15(23)13(10-21)26-17;22-8-12-14(24)15(25)16(27-12)20-6-5-13(23)21(17(20)26)7-11-9-3-1-2-4-10(9)18-19-11;19-7-8-11(21)12(22)13(24-8)17-5-2-10(20)18(14(17)23)6-9-15-3-1-4-16-9/h1-8,14,16-18,23,25-26H,9-10H2;2-4,6,8-9,13,15-17,21,23-24H,5,7,10H2,1H3;2-5,7,9,13,15-17,21,23-24H,6,8,10H2,1H3;1-6,12,14-16,22,24-25H,7-8H2,(H,18,19);1-5,8,11-13,19,21-22H,6-7H2/t14-,16+,17?,18-;2*13-,15+,16?,17-;12-,14+,15?,16-;8-,11+,12?,13-/m11111/s1. The number of hydrogen-bond acceptors (Lipinski definition) is 34. The molecule has 20 atom stereocenters. The van der Waals surface area contributed by atoms with E-state index in [0.29, 0.717) is 29.7 Å². The summed E-state index contributed by atoms with van der Waals surface area (Å²) in [5.74, 6) is 0.274. The number of aromatic nitrogens is 15. The molecule has 8 aromatic heterocycles. The van der Waals surface area contributed by atoms with Gasteiger partial charge < -0.3 is 100 Å². The first-order chi connectivity index (χ1) is 62.9. The van der Waals surface area contributed by atoms with E-state index in [1.807, 2.05) is 111 Å². The van der Waals surface area contributed by atoms with E-state index in [0.717, 1.165) is 90.1 Å². The molecule has 17 rings (SSSR count). The van der Waals surface area contributed by atoms with Crippen LogP contribution in [0, 0.1) is 13.8 Å². The van der Waals surface area contributed by atoms with E-state index >= 15 is 0 Å². The maximum Gasteiger partial charge on any atom is 0.333 e. The molecule has 45 nitrogen and oxygen atoms in total. The molecule has 696 valence electrons. The number of para-hydroxylation sites is 1. The van der Waals surface area contributed by atoms with Gasteiger partial charge in [-0.15, -0.1) is 0 Å². The van der Waals surface area contributed by atoms with Gasteiger partial charge in [0.25, 0.3) is 27.8 Å². The summed E-state index contributed by atoms with van der Waals surface area (Å²) in [7, 11) is 0. The molecule has 0 bridgehead atoms. The van der Waals surface area contributed by atoms with Crippen LogP contribution in [0.4, 0.5) is 0 Å². The molecule has 45 heteroatoms. The van der Waals surface area contributed by atoms with Crippen LogP contribution in [0.3, 0.4) is 0 Å². The highest BCUT2D eigenvalue weighted by Gasteiger charge is 2.49. The molecule has 0 amide bonds. The van der Waals surface area contributed by atoms with Crippen LogP contribution in [0.15, 0.2) is 237 Å². The quantitative estimate of drug-likeness (QED) is 0.0300. The van der Waals surface area contributed by atoms with Crippen LogP contribution in [-0.2, 0) is 69.2 Å². The third kappa shape index (κ3) is 20.8. The predicted molar refractivity (Wildman–Crippen MR) is 457 cm³/mol. The number of benzene rings is 4. The van der Waals surface area contributed by atoms with Gasteiger partial charge in [-0.1, -0.05) is 96.6 Å². The molecule has 0 aliphatic carbocycles. The van der Waals surface area contributed by atoms with Gasteiger partial charge in [0.1, 0.15) is 97.4 Å². The average Bonchev–Trinajstić information content (AvgIpc) is 1.45. The predicted octanol–water partition coefficient (Wildman–Crippen LogP) is -6.43. The molecule has 0 spiro atoms. The molecule has 5 aliphatic rings. The Balaban J connectivity index is 0.000000140. The van der Waals surface area contributed by atoms with E-state index in [2.05, 4.69) is 25.1 Å². The van der Waals surface area contributed by atoms with E-state index in [1.54, 1.807) is 18.3 Å². The van der Waals surface area contributed by atoms with E-state index in [-0.39, 0.29) is 38.5 Å². The molecule has 12 aromatic rings. The van der Waals surface area contributed by atoms with Crippen molar-refractivity contribution in [2.75, 3.05) is 33.0 Å². The maximum atomic E-state index is 12.9. The first-order valence-corrected chi connectivity index (χ1v) is 41.2. The Kier molecular flexibility index (Phi) is 31.2. The second-order valence-corrected chi connectivity index (χ2v) is 31.2. The average molecular weight is 1820 g/mol. The van der Waals surface area contributed by atoms with Crippen molar-refractivity contribution in [3.05, 3.63) is 333 Å². The number of fused-ring (bicyclic) bond motifs is 2. The SMILES string of the molecule is Cc1cccc(CCn2c(=O)ccn([C@@H]3O[C@H](CO)[C@H](O)C3O)c2=O)c1.Cc1ccccc1CCn1c(=O)ccn([C@@H]2O[C@H](CO)[C@H](O)C2O)c1=O.O=c1ccn([C@@H]2O[C@H](CO)[C@H](O)C2O)c(=O)n1Cc1[nH]nc2ccccc12.O=c1ccn([C@@H]2O[C@H](CO)[C@H](O)C2O)c(=O)n1Cc1nccc2ccccc12.O=c1ccn([C@@H]2O[C@H](CO)[C@H](O)C2O)c(=O)n1Cc1ncccn1. The number of aryl methyl sites for hydroxylation is 4. The normalized spacial score (nSPS) is 25.5. The summed E-state index contributed by atoms with van der Waals surface area (Å²) in [6.07, 6.45) is -13.1. The van der Waals surface area contributed by atoms with Crippen molar-refractivity contribution in [2.45, 2.75) is 182 Å². The topological polar surface area (TPSA) is 637 Å². The molecule has 0 saturated carbocycles. The number of hydrogen-bond donors (Lipinski definition) is 16. The molecule has 5 fully saturated rings. The summed E-state index contributed by atoms with van der Waals surface area (Å²) in [6.45, 7) is 1.51. The van der Waals surface area contributed by atoms with Gasteiger partial charge in [-0.25, -0.2) is 33.9 Å². The van der Waals surface area contributed by atoms with Gasteiger partial charge in [0.2, 0.25) is 0 Å². The first-order valence-electron chi connectivity index (χ1n) is 41.2. The lowest BCUT2D eigenvalue weighted by Gasteiger charge is -2.18. The molecule has 5 aliphatic heterocycles. The van der Waals surface area contributed by atoms with Gasteiger partial charge >= 0.3 is 28.4 Å². The summed E-state index contributed by atoms with van der Waals surface area (Å²) < 4.78 is 37.0. The Morgan fingerprint density at radius 1 is 0.344 bits per heavy atom. The van der Waals surface area contributed by atoms with Gasteiger partial charge in [-0.05, 0) is 67.0 Å². The highest BCUT2D eigenvalue weighted by atomic mass is 16.6. The zero-order chi connectivity index (χ0) is 93.9. The van der Waals surface area contributed by atoms with Gasteiger partial charge in [-0.2, -0.15) is 5.10 Å². The lowest BCUT2D eigenvalue weighted by Crippen LogP contribution is -2.43. The van der Waals surface area contributed by atoms with Crippen molar-refractivity contribution in [1.29, 1.82) is 0 Å². The third-order valence-electron chi connectivity index (χ3n) is 22.8. The maximum absolute atomic E-state index is 12.9. The van der Waals surface area contributed by atoms with Crippen molar-refractivity contribution in [3.63, 3.8) is 0 Å². The number of nitrogens with one attached hydrogen (secondary N) is 1. The molecular formula is C86H97N15O30. The van der Waals surface area contributed by atoms with Gasteiger partial charge in [-0.3, -0.25) is 79.7 Å². The van der Waals surface area contributed by atoms with Crippen LogP contribution < -0.4 is 56.2 Å². The number of rotatable bonds is 22. The number of aliphatic hydroxyl groups is 15. The summed E-state index contributed by atoms with van der Waals surface area (Å²) in [6, 6.07) is 39.7. The molecule has 5 saturated heterocycles. The molecule has 5 unspecified atom stereocenters. The van der Waals surface area contributed by atoms with Crippen molar-refractivity contribution < 1.29 is 100 Å². The number of nitrogens with zero attached hydrogens (tertiary/aromatic N) is 14. The number of ether oxygens (including phenoxy) is 5. The van der Waals surface area contributed by atoms with Crippen LogP contribution >= 0.6 is 0 Å². The lowest BCUT2D eigenvalue weighted by molar-refractivity contribution is -0.0556. The van der Waals surface area contributed by atoms with E-state index < -0.39 is 212 Å². The van der Waals surface area contributed by atoms with Crippen LogP contribution in [0.25, 0.3) is 21.7 Å². The van der Waals surface area contributed by atoms with Crippen LogP contribution in [0.1, 0.15) is 70.6 Å². The third-order valence-corrected chi connectivity index (χ3v) is 22.8. The highest BCUT2D eigenvalue weighted by molar-refractivity contribution is 5.84. The minimum absolute atomic E-state index is 0.0478. The monoisotopic (exact) mass is 1820 g/mol. The van der Waals surface area contributed by atoms with Crippen molar-refractivity contribution in [1.82, 2.24) is 70.8 Å². The summed E-state index contributed by atoms with van der Waals surface area (Å²) >= 11 is 0. The Labute approximate surface area is 737 Å². The van der Waals surface area contributed by atoms with Crippen LogP contribution in [0.5, 0.6) is 0 Å². The minimum Gasteiger partial charge on any atom is -0.394 e. The Morgan fingerprint density at radius 2 is 0.710 bits per heavy atom. The summed E-state index contributed by atoms with van der Waals surface area (Å²) in [5.41, 5.74) is 0.0740. The van der Waals surface area contributed by atoms with Crippen LogP contribution in [0.2, 0.25) is 0 Å². The van der Waals surface area contributed by atoms with E-state index in [1.165, 1.54) is 67.6 Å². The second kappa shape index (κ2) is 42.6. The number of aliphatic hydroxyl groups excluding tert-OH is 15. The van der Waals surface area contributed by atoms with Gasteiger partial charge in [0.15, 0.2) is 31.1 Å². The fourth-order valence-electron chi connectivity index (χ4n) is 15.6. The molecule has 4 aromatic carbocycles. The van der Waals surface area contributed by atoms with Crippen molar-refractivity contribution in [2.24, 2.45) is 0 Å². The fourth-order valence-corrected chi connectivity index (χ4v) is 15.6. The smallest absolute Gasteiger partial charge is 0.333 e. The second-order valence-electron chi connectivity index (χ2n) is 31.2. The van der Waals surface area contributed by atoms with E-state index in [9.17, 15) is 119 Å². The molecule has 13 heterocycles. The Hall–Kier alpha value is -12.6. The van der Waals surface area contributed by atoms with Gasteiger partial charge in [0, 0.05) is 104 Å². The van der Waals surface area contributed by atoms with E-state index in [4.69, 9.17) is 28.8 Å². The molecule has 0 radical (unpaired) electrons. The van der Waals surface area contributed by atoms with Crippen LogP contribution in [-0.4, -0.2) is 272 Å². The number of pyridine rings is 1. The largest absolute Gasteiger partial charge is 0.394 e. The van der Waals surface area contributed by atoms with Crippen molar-refractivity contribution in [3.8, 4) is 0 Å². The zero-order valence-electron chi connectivity index (χ0n) is 70.0. The molecule has 131 heavy (non-hydrogen) atoms. The molecular weight excluding hydrogens is 1720 g/mol. The summed E-state index contributed by atoms with van der Waals surface area (Å²) in [4.78, 5) is 137. The number of aromatic amines is 1. The minimum atomic E-state index is -1.42.